The summed E-state index contributed by atoms with van der Waals surface area (Å²) in [6.07, 6.45) is 6.28. The molecule has 7 heteroatoms. The van der Waals surface area contributed by atoms with Gasteiger partial charge in [-0.3, -0.25) is 4.99 Å². The maximum Gasteiger partial charge on any atom is 0.191 e. The summed E-state index contributed by atoms with van der Waals surface area (Å²) < 4.78 is 11.9. The quantitative estimate of drug-likeness (QED) is 0.500. The van der Waals surface area contributed by atoms with Crippen LogP contribution in [0.1, 0.15) is 37.7 Å². The summed E-state index contributed by atoms with van der Waals surface area (Å²) in [5.41, 5.74) is 1.10. The number of ether oxygens (including phenoxy) is 2. The maximum absolute atomic E-state index is 6.34. The van der Waals surface area contributed by atoms with E-state index >= 15 is 0 Å². The zero-order valence-corrected chi connectivity index (χ0v) is 19.0. The molecule has 1 saturated carbocycles. The third kappa shape index (κ3) is 6.77. The van der Waals surface area contributed by atoms with Crippen LogP contribution in [0.15, 0.2) is 23.2 Å². The lowest BCUT2D eigenvalue weighted by molar-refractivity contribution is 0.198. The van der Waals surface area contributed by atoms with Crippen LogP contribution in [-0.4, -0.2) is 82.3 Å². The minimum atomic E-state index is 0.296. The van der Waals surface area contributed by atoms with Gasteiger partial charge < -0.3 is 29.9 Å². The molecular weight excluding hydrogens is 378 g/mol. The highest BCUT2D eigenvalue weighted by atomic mass is 16.5. The molecule has 0 spiro atoms. The Morgan fingerprint density at radius 1 is 1.10 bits per heavy atom. The average molecular weight is 418 g/mol. The number of aliphatic imine (C=N–C) groups is 1. The fraction of sp³-hybridized carbons (Fsp3) is 0.696. The van der Waals surface area contributed by atoms with E-state index in [-0.39, 0.29) is 0 Å². The van der Waals surface area contributed by atoms with Crippen LogP contribution >= 0.6 is 0 Å². The molecule has 0 unspecified atom stereocenters. The molecule has 2 N–H and O–H groups in total. The van der Waals surface area contributed by atoms with Gasteiger partial charge in [-0.15, -0.1) is 0 Å². The van der Waals surface area contributed by atoms with Crippen LogP contribution in [0.4, 0.5) is 0 Å². The van der Waals surface area contributed by atoms with Crippen molar-refractivity contribution < 1.29 is 9.47 Å². The normalized spacial score (nSPS) is 19.5. The number of nitrogens with zero attached hydrogens (tertiary/aromatic N) is 3. The second-order valence-electron chi connectivity index (χ2n) is 8.32. The molecule has 0 aromatic heterocycles. The number of methoxy groups -OCH3 is 1. The molecule has 1 aliphatic carbocycles. The summed E-state index contributed by atoms with van der Waals surface area (Å²) in [6, 6.07) is 6.09. The molecule has 0 radical (unpaired) electrons. The molecular formula is C23H39N5O2. The number of hydrogen-bond donors (Lipinski definition) is 2. The Kier molecular flexibility index (Phi) is 9.08. The Bertz CT molecular complexity index is 676. The first-order valence-electron chi connectivity index (χ1n) is 11.4. The standard InChI is InChI=1S/C23H39N5O2/c1-24-23(25-12-15-28-14-7-13-27(2)16-17-28)26-18-19-8-6-11-21(29-3)22(19)30-20-9-4-5-10-20/h6,8,11,20H,4-5,7,9-10,12-18H2,1-3H3,(H2,24,25,26). The number of nitrogens with one attached hydrogen (secondary N) is 2. The number of hydrogen-bond acceptors (Lipinski definition) is 5. The number of para-hydroxylation sites is 1. The molecule has 2 aliphatic rings. The highest BCUT2D eigenvalue weighted by molar-refractivity contribution is 5.79. The van der Waals surface area contributed by atoms with Crippen molar-refractivity contribution >= 4 is 5.96 Å². The van der Waals surface area contributed by atoms with E-state index in [2.05, 4.69) is 38.5 Å². The monoisotopic (exact) mass is 417 g/mol. The van der Waals surface area contributed by atoms with Gasteiger partial charge in [-0.25, -0.2) is 0 Å². The van der Waals surface area contributed by atoms with Crippen LogP contribution < -0.4 is 20.1 Å². The molecule has 1 aliphatic heterocycles. The summed E-state index contributed by atoms with van der Waals surface area (Å²) in [5.74, 6) is 2.48. The molecule has 0 amide bonds. The second-order valence-corrected chi connectivity index (χ2v) is 8.32. The van der Waals surface area contributed by atoms with Crippen molar-refractivity contribution in [2.24, 2.45) is 4.99 Å². The average Bonchev–Trinajstić information content (AvgIpc) is 3.19. The Hall–Kier alpha value is -1.99. The lowest BCUT2D eigenvalue weighted by atomic mass is 10.1. The van der Waals surface area contributed by atoms with Gasteiger partial charge in [-0.2, -0.15) is 0 Å². The summed E-state index contributed by atoms with van der Waals surface area (Å²) in [5, 5.41) is 6.89. The van der Waals surface area contributed by atoms with Gasteiger partial charge in [0.1, 0.15) is 0 Å². The fourth-order valence-corrected chi connectivity index (χ4v) is 4.22. The second kappa shape index (κ2) is 12.0. The first-order chi connectivity index (χ1) is 14.7. The van der Waals surface area contributed by atoms with Crippen LogP contribution in [-0.2, 0) is 6.54 Å². The maximum atomic E-state index is 6.34. The first kappa shape index (κ1) is 22.7. The van der Waals surface area contributed by atoms with Crippen LogP contribution in [0.2, 0.25) is 0 Å². The fourth-order valence-electron chi connectivity index (χ4n) is 4.22. The number of likely N-dealkylation sites (N-methyl/N-ethyl adjacent to an activating group) is 1. The predicted octanol–water partition coefficient (Wildman–Crippen LogP) is 2.32. The zero-order chi connectivity index (χ0) is 21.2. The molecule has 168 valence electrons. The smallest absolute Gasteiger partial charge is 0.191 e. The Morgan fingerprint density at radius 2 is 1.93 bits per heavy atom. The SMILES string of the molecule is CN=C(NCCN1CCCN(C)CC1)NCc1cccc(OC)c1OC1CCCC1. The van der Waals surface area contributed by atoms with E-state index in [9.17, 15) is 0 Å². The van der Waals surface area contributed by atoms with Crippen molar-refractivity contribution in [1.82, 2.24) is 20.4 Å². The lowest BCUT2D eigenvalue weighted by Crippen LogP contribution is -2.42. The number of guanidine groups is 1. The van der Waals surface area contributed by atoms with E-state index in [1.807, 2.05) is 19.2 Å². The number of rotatable bonds is 8. The predicted molar refractivity (Wildman–Crippen MR) is 123 cm³/mol. The van der Waals surface area contributed by atoms with Gasteiger partial charge in [0, 0.05) is 45.3 Å². The molecule has 1 aromatic rings. The largest absolute Gasteiger partial charge is 0.493 e. The van der Waals surface area contributed by atoms with Gasteiger partial charge in [0.2, 0.25) is 0 Å². The Balaban J connectivity index is 1.50. The summed E-state index contributed by atoms with van der Waals surface area (Å²) in [4.78, 5) is 9.32. The van der Waals surface area contributed by atoms with E-state index in [0.717, 1.165) is 62.0 Å². The molecule has 30 heavy (non-hydrogen) atoms. The zero-order valence-electron chi connectivity index (χ0n) is 19.0. The van der Waals surface area contributed by atoms with Gasteiger partial charge in [0.25, 0.3) is 0 Å². The van der Waals surface area contributed by atoms with Crippen molar-refractivity contribution in [3.63, 3.8) is 0 Å². The first-order valence-corrected chi connectivity index (χ1v) is 11.4. The van der Waals surface area contributed by atoms with Gasteiger partial charge >= 0.3 is 0 Å². The highest BCUT2D eigenvalue weighted by Gasteiger charge is 2.20. The van der Waals surface area contributed by atoms with Crippen molar-refractivity contribution in [1.29, 1.82) is 0 Å². The van der Waals surface area contributed by atoms with Gasteiger partial charge in [0.05, 0.1) is 13.2 Å². The topological polar surface area (TPSA) is 61.4 Å². The van der Waals surface area contributed by atoms with E-state index in [0.29, 0.717) is 12.6 Å². The van der Waals surface area contributed by atoms with Crippen molar-refractivity contribution in [3.05, 3.63) is 23.8 Å². The minimum Gasteiger partial charge on any atom is -0.493 e. The van der Waals surface area contributed by atoms with Crippen LogP contribution in [0.25, 0.3) is 0 Å². The highest BCUT2D eigenvalue weighted by Crippen LogP contribution is 2.34. The van der Waals surface area contributed by atoms with E-state index in [1.165, 1.54) is 32.4 Å². The molecule has 1 aromatic carbocycles. The Labute approximate surface area is 181 Å². The summed E-state index contributed by atoms with van der Waals surface area (Å²) in [7, 11) is 5.73. The van der Waals surface area contributed by atoms with Crippen molar-refractivity contribution in [3.8, 4) is 11.5 Å². The van der Waals surface area contributed by atoms with Gasteiger partial charge in [0.15, 0.2) is 17.5 Å². The molecule has 7 nitrogen and oxygen atoms in total. The summed E-state index contributed by atoms with van der Waals surface area (Å²) >= 11 is 0. The minimum absolute atomic E-state index is 0.296. The molecule has 0 bridgehead atoms. The van der Waals surface area contributed by atoms with Crippen LogP contribution in [0.3, 0.4) is 0 Å². The van der Waals surface area contributed by atoms with E-state index in [1.54, 1.807) is 7.11 Å². The lowest BCUT2D eigenvalue weighted by Gasteiger charge is -2.22. The Morgan fingerprint density at radius 3 is 2.70 bits per heavy atom. The van der Waals surface area contributed by atoms with Crippen molar-refractivity contribution in [2.75, 3.05) is 60.5 Å². The van der Waals surface area contributed by atoms with Crippen LogP contribution in [0.5, 0.6) is 11.5 Å². The molecule has 1 heterocycles. The third-order valence-corrected chi connectivity index (χ3v) is 6.07. The molecule has 2 fully saturated rings. The third-order valence-electron chi connectivity index (χ3n) is 6.07. The number of benzene rings is 1. The van der Waals surface area contributed by atoms with Gasteiger partial charge in [-0.1, -0.05) is 12.1 Å². The molecule has 1 saturated heterocycles. The van der Waals surface area contributed by atoms with Crippen LogP contribution in [0, 0.1) is 0 Å². The van der Waals surface area contributed by atoms with E-state index in [4.69, 9.17) is 9.47 Å². The molecule has 0 atom stereocenters. The van der Waals surface area contributed by atoms with Gasteiger partial charge in [-0.05, 0) is 58.3 Å². The van der Waals surface area contributed by atoms with Crippen molar-refractivity contribution in [2.45, 2.75) is 44.8 Å². The molecule has 3 rings (SSSR count). The summed E-state index contributed by atoms with van der Waals surface area (Å²) in [6.45, 7) is 7.20. The van der Waals surface area contributed by atoms with E-state index < -0.39 is 0 Å².